The van der Waals surface area contributed by atoms with E-state index in [2.05, 4.69) is 0 Å². The molecule has 0 bridgehead atoms. The van der Waals surface area contributed by atoms with Crippen molar-refractivity contribution in [1.82, 2.24) is 0 Å². The number of nitrogens with zero attached hydrogens (tertiary/aromatic N) is 2. The van der Waals surface area contributed by atoms with Crippen LogP contribution >= 0.6 is 0 Å². The summed E-state index contributed by atoms with van der Waals surface area (Å²) in [4.78, 5) is 81.6. The van der Waals surface area contributed by atoms with Crippen molar-refractivity contribution in [2.24, 2.45) is 29.6 Å². The smallest absolute Gasteiger partial charge is 0.339 e. The maximum Gasteiger partial charge on any atom is 0.339 e. The van der Waals surface area contributed by atoms with E-state index in [4.69, 9.17) is 0 Å². The maximum atomic E-state index is 14.4. The quantitative estimate of drug-likeness (QED) is 0.147. The highest BCUT2D eigenvalue weighted by molar-refractivity contribution is 6.24. The lowest BCUT2D eigenvalue weighted by molar-refractivity contribution is -0.126. The second kappa shape index (κ2) is 11.3. The highest BCUT2D eigenvalue weighted by Crippen LogP contribution is 2.60. The van der Waals surface area contributed by atoms with Crippen LogP contribution in [0.2, 0.25) is 0 Å². The number of hydrogen-bond acceptors (Lipinski definition) is 9. The van der Waals surface area contributed by atoms with Gasteiger partial charge in [0.25, 0.3) is 0 Å². The van der Waals surface area contributed by atoms with Crippen LogP contribution in [0.4, 0.5) is 11.4 Å². The minimum atomic E-state index is -1.40. The van der Waals surface area contributed by atoms with E-state index in [0.717, 1.165) is 39.5 Å². The number of aromatic carboxylic acids is 2. The summed E-state index contributed by atoms with van der Waals surface area (Å²) in [6.45, 7) is 0. The van der Waals surface area contributed by atoms with Crippen molar-refractivity contribution >= 4 is 57.7 Å². The summed E-state index contributed by atoms with van der Waals surface area (Å²) in [7, 11) is 0. The average Bonchev–Trinajstić information content (AvgIpc) is 3.50. The Labute approximate surface area is 288 Å². The Bertz CT molecular complexity index is 2310. The van der Waals surface area contributed by atoms with Gasteiger partial charge in [0.2, 0.25) is 23.6 Å². The Morgan fingerprint density at radius 3 is 1.78 bits per heavy atom. The summed E-state index contributed by atoms with van der Waals surface area (Å²) in [5, 5.41) is 52.5. The van der Waals surface area contributed by atoms with Gasteiger partial charge < -0.3 is 25.5 Å². The van der Waals surface area contributed by atoms with Gasteiger partial charge in [-0.1, -0.05) is 48.0 Å². The average molecular weight is 689 g/mol. The SMILES string of the molecule is O=C(O)c1ccc(N2C(=O)[C@H]3[C@H](CC=C4[C@H]3C[C@H]3C(=O)N(c5ccc(C(=O)O)c(O)c5)C(=O)[C@H]3[C@H]4c3ccc4ccccc4c3O)C2=O)cc1O. The van der Waals surface area contributed by atoms with Crippen molar-refractivity contribution in [2.75, 3.05) is 9.80 Å². The molecule has 8 rings (SSSR count). The number of fused-ring (bicyclic) bond motifs is 5. The fourth-order valence-electron chi connectivity index (χ4n) is 8.65. The van der Waals surface area contributed by atoms with Crippen LogP contribution in [-0.4, -0.2) is 61.1 Å². The lowest BCUT2D eigenvalue weighted by atomic mass is 9.57. The number of aromatic hydroxyl groups is 3. The van der Waals surface area contributed by atoms with Crippen molar-refractivity contribution in [1.29, 1.82) is 0 Å². The van der Waals surface area contributed by atoms with Crippen molar-refractivity contribution in [3.05, 3.63) is 101 Å². The first-order valence-electron chi connectivity index (χ1n) is 16.2. The molecule has 1 saturated carbocycles. The zero-order valence-electron chi connectivity index (χ0n) is 26.5. The topological polar surface area (TPSA) is 210 Å². The standard InChI is InChI=1S/C38H28N2O11/c41-27-13-17(6-9-21(27)37(48)49)39-33(44)24-12-11-20-25(30(24)35(39)46)15-26-31(29(20)23-8-5-16-3-1-2-4-19(16)32(23)43)36(47)40(34(26)45)18-7-10-22(38(50)51)28(42)14-18/h1-11,13-14,24-26,29-31,41-43H,12,15H2,(H,48,49)(H,50,51)/t24-,25+,26+,29+,30-,31+/m0/s1. The lowest BCUT2D eigenvalue weighted by Gasteiger charge is -2.44. The molecule has 13 nitrogen and oxygen atoms in total. The molecule has 0 aromatic heterocycles. The van der Waals surface area contributed by atoms with Gasteiger partial charge in [0, 0.05) is 29.0 Å². The molecular weight excluding hydrogens is 660 g/mol. The van der Waals surface area contributed by atoms with E-state index in [1.54, 1.807) is 30.3 Å². The summed E-state index contributed by atoms with van der Waals surface area (Å²) in [6.07, 6.45) is 1.91. The maximum absolute atomic E-state index is 14.4. The Hall–Kier alpha value is -6.50. The van der Waals surface area contributed by atoms with Crippen LogP contribution in [0.1, 0.15) is 45.0 Å². The molecular formula is C38H28N2O11. The first-order valence-corrected chi connectivity index (χ1v) is 16.2. The van der Waals surface area contributed by atoms with Crippen molar-refractivity contribution in [3.8, 4) is 17.2 Å². The molecule has 4 aromatic rings. The molecule has 0 unspecified atom stereocenters. The zero-order chi connectivity index (χ0) is 36.0. The molecule has 3 fully saturated rings. The van der Waals surface area contributed by atoms with E-state index in [-0.39, 0.29) is 30.0 Å². The van der Waals surface area contributed by atoms with Gasteiger partial charge in [-0.3, -0.25) is 19.2 Å². The van der Waals surface area contributed by atoms with Crippen molar-refractivity contribution < 1.29 is 54.3 Å². The number of allylic oxidation sites excluding steroid dienone is 2. The number of amides is 4. The first kappa shape index (κ1) is 31.7. The van der Waals surface area contributed by atoms with Gasteiger partial charge in [0.15, 0.2) is 0 Å². The zero-order valence-corrected chi connectivity index (χ0v) is 26.5. The van der Waals surface area contributed by atoms with Gasteiger partial charge in [-0.25, -0.2) is 19.4 Å². The molecule has 2 aliphatic carbocycles. The van der Waals surface area contributed by atoms with E-state index < -0.39 is 93.7 Å². The van der Waals surface area contributed by atoms with Crippen LogP contribution in [0.3, 0.4) is 0 Å². The summed E-state index contributed by atoms with van der Waals surface area (Å²) in [5.74, 6) is -12.1. The van der Waals surface area contributed by atoms with E-state index in [1.807, 2.05) is 12.1 Å². The Kier molecular flexibility index (Phi) is 7.02. The molecule has 2 heterocycles. The Balaban J connectivity index is 1.25. The third kappa shape index (κ3) is 4.54. The minimum absolute atomic E-state index is 0.00115. The molecule has 13 heteroatoms. The normalized spacial score (nSPS) is 25.5. The molecule has 2 saturated heterocycles. The van der Waals surface area contributed by atoms with Crippen LogP contribution < -0.4 is 9.80 Å². The van der Waals surface area contributed by atoms with Gasteiger partial charge >= 0.3 is 11.9 Å². The lowest BCUT2D eigenvalue weighted by Crippen LogP contribution is -2.43. The number of carbonyl (C=O) groups excluding carboxylic acids is 4. The fraction of sp³-hybridized carbons (Fsp3) is 0.211. The van der Waals surface area contributed by atoms with Gasteiger partial charge in [-0.15, -0.1) is 0 Å². The first-order chi connectivity index (χ1) is 24.4. The molecule has 4 aliphatic rings. The van der Waals surface area contributed by atoms with Gasteiger partial charge in [0.05, 0.1) is 35.0 Å². The number of imide groups is 2. The molecule has 4 amide bonds. The number of rotatable bonds is 5. The number of benzene rings is 4. The second-order valence-electron chi connectivity index (χ2n) is 13.3. The van der Waals surface area contributed by atoms with Crippen LogP contribution in [0.15, 0.2) is 84.4 Å². The molecule has 0 radical (unpaired) electrons. The molecule has 6 atom stereocenters. The third-order valence-corrected chi connectivity index (χ3v) is 10.9. The highest BCUT2D eigenvalue weighted by atomic mass is 16.4. The Morgan fingerprint density at radius 2 is 1.20 bits per heavy atom. The van der Waals surface area contributed by atoms with Gasteiger partial charge in [-0.05, 0) is 48.4 Å². The molecule has 0 spiro atoms. The van der Waals surface area contributed by atoms with E-state index in [9.17, 15) is 54.3 Å². The minimum Gasteiger partial charge on any atom is -0.507 e. The number of carboxylic acid groups (broad SMARTS) is 2. The summed E-state index contributed by atoms with van der Waals surface area (Å²) < 4.78 is 0. The van der Waals surface area contributed by atoms with Crippen LogP contribution in [0, 0.1) is 29.6 Å². The second-order valence-corrected chi connectivity index (χ2v) is 13.3. The molecule has 4 aromatic carbocycles. The van der Waals surface area contributed by atoms with E-state index >= 15 is 0 Å². The van der Waals surface area contributed by atoms with Crippen LogP contribution in [-0.2, 0) is 19.2 Å². The molecule has 2 aliphatic heterocycles. The largest absolute Gasteiger partial charge is 0.507 e. The molecule has 5 N–H and O–H groups in total. The number of carboxylic acids is 2. The third-order valence-electron chi connectivity index (χ3n) is 10.9. The number of phenolic OH excluding ortho intramolecular Hbond substituents is 1. The van der Waals surface area contributed by atoms with Gasteiger partial charge in [0.1, 0.15) is 28.4 Å². The van der Waals surface area contributed by atoms with Crippen molar-refractivity contribution in [3.63, 3.8) is 0 Å². The molecule has 256 valence electrons. The van der Waals surface area contributed by atoms with E-state index in [1.165, 1.54) is 12.1 Å². The summed E-state index contributed by atoms with van der Waals surface area (Å²) in [5.41, 5.74) is 0.0897. The fourth-order valence-corrected chi connectivity index (χ4v) is 8.65. The predicted molar refractivity (Wildman–Crippen MR) is 178 cm³/mol. The highest BCUT2D eigenvalue weighted by Gasteiger charge is 2.62. The van der Waals surface area contributed by atoms with Crippen molar-refractivity contribution in [2.45, 2.75) is 18.8 Å². The predicted octanol–water partition coefficient (Wildman–Crippen LogP) is 4.40. The number of carbonyl (C=O) groups is 6. The molecule has 51 heavy (non-hydrogen) atoms. The van der Waals surface area contributed by atoms with Crippen LogP contribution in [0.25, 0.3) is 10.8 Å². The number of hydrogen-bond donors (Lipinski definition) is 5. The van der Waals surface area contributed by atoms with E-state index in [0.29, 0.717) is 16.5 Å². The summed E-state index contributed by atoms with van der Waals surface area (Å²) in [6, 6.07) is 17.3. The number of phenols is 3. The monoisotopic (exact) mass is 688 g/mol. The Morgan fingerprint density at radius 1 is 0.627 bits per heavy atom. The number of anilines is 2. The van der Waals surface area contributed by atoms with Crippen LogP contribution in [0.5, 0.6) is 17.2 Å². The van der Waals surface area contributed by atoms with Gasteiger partial charge in [-0.2, -0.15) is 0 Å². The summed E-state index contributed by atoms with van der Waals surface area (Å²) >= 11 is 0.